The third kappa shape index (κ3) is 3.20. The summed E-state index contributed by atoms with van der Waals surface area (Å²) in [5.74, 6) is 0.725. The Labute approximate surface area is 140 Å². The van der Waals surface area contributed by atoms with Crippen molar-refractivity contribution in [2.24, 2.45) is 0 Å². The van der Waals surface area contributed by atoms with Crippen LogP contribution in [0.25, 0.3) is 0 Å². The summed E-state index contributed by atoms with van der Waals surface area (Å²) in [5, 5.41) is 13.3. The molecule has 2 aromatic rings. The van der Waals surface area contributed by atoms with Crippen molar-refractivity contribution >= 4 is 11.7 Å². The molecule has 1 aliphatic rings. The number of aromatic nitrogens is 4. The maximum Gasteiger partial charge on any atom is 0.247 e. The molecule has 124 valence electrons. The maximum absolute atomic E-state index is 12.7. The fourth-order valence-corrected chi connectivity index (χ4v) is 2.88. The molecule has 1 amide bonds. The Balaban J connectivity index is 1.69. The molecule has 0 radical (unpaired) electrons. The largest absolute Gasteiger partial charge is 0.354 e. The number of anilines is 1. The molecule has 1 fully saturated rings. The first-order valence-corrected chi connectivity index (χ1v) is 7.93. The van der Waals surface area contributed by atoms with E-state index in [1.165, 1.54) is 6.33 Å². The molecular formula is C16H19N7O. The molecule has 0 aliphatic carbocycles. The van der Waals surface area contributed by atoms with Gasteiger partial charge >= 0.3 is 0 Å². The Hall–Kier alpha value is -2.95. The Morgan fingerprint density at radius 1 is 1.33 bits per heavy atom. The SMILES string of the molecule is C[C@@H](C(=O)N1CCCN(c2ncccc2C#N)CC1)n1cncn1. The van der Waals surface area contributed by atoms with Gasteiger partial charge < -0.3 is 9.80 Å². The molecular weight excluding hydrogens is 306 g/mol. The summed E-state index contributed by atoms with van der Waals surface area (Å²) in [6.07, 6.45) is 5.51. The van der Waals surface area contributed by atoms with Gasteiger partial charge in [0, 0.05) is 32.4 Å². The van der Waals surface area contributed by atoms with E-state index in [2.05, 4.69) is 26.0 Å². The molecule has 24 heavy (non-hydrogen) atoms. The number of nitriles is 1. The van der Waals surface area contributed by atoms with Gasteiger partial charge in [0.15, 0.2) is 0 Å². The molecule has 0 N–H and O–H groups in total. The van der Waals surface area contributed by atoms with Crippen molar-refractivity contribution in [1.82, 2.24) is 24.6 Å². The second-order valence-electron chi connectivity index (χ2n) is 5.70. The highest BCUT2D eigenvalue weighted by Gasteiger charge is 2.25. The number of carbonyl (C=O) groups is 1. The number of rotatable bonds is 3. The van der Waals surface area contributed by atoms with Crippen molar-refractivity contribution < 1.29 is 4.79 Å². The summed E-state index contributed by atoms with van der Waals surface area (Å²) < 4.78 is 1.57. The molecule has 0 bridgehead atoms. The Kier molecular flexibility index (Phi) is 4.70. The minimum Gasteiger partial charge on any atom is -0.354 e. The molecule has 1 aliphatic heterocycles. The number of pyridine rings is 1. The third-order valence-corrected chi connectivity index (χ3v) is 4.21. The van der Waals surface area contributed by atoms with Crippen LogP contribution in [0.2, 0.25) is 0 Å². The highest BCUT2D eigenvalue weighted by molar-refractivity contribution is 5.80. The first-order chi connectivity index (χ1) is 11.7. The Bertz CT molecular complexity index is 737. The topological polar surface area (TPSA) is 90.9 Å². The van der Waals surface area contributed by atoms with Crippen LogP contribution in [0, 0.1) is 11.3 Å². The second kappa shape index (κ2) is 7.08. The lowest BCUT2D eigenvalue weighted by molar-refractivity contribution is -0.134. The zero-order valence-corrected chi connectivity index (χ0v) is 13.5. The van der Waals surface area contributed by atoms with Gasteiger partial charge in [-0.25, -0.2) is 14.6 Å². The monoisotopic (exact) mass is 325 g/mol. The molecule has 1 saturated heterocycles. The molecule has 3 heterocycles. The van der Waals surface area contributed by atoms with Gasteiger partial charge in [0.1, 0.15) is 30.6 Å². The van der Waals surface area contributed by atoms with Crippen molar-refractivity contribution in [3.8, 4) is 6.07 Å². The van der Waals surface area contributed by atoms with Gasteiger partial charge in [-0.3, -0.25) is 4.79 Å². The van der Waals surface area contributed by atoms with E-state index >= 15 is 0 Å². The highest BCUT2D eigenvalue weighted by atomic mass is 16.2. The van der Waals surface area contributed by atoms with E-state index in [1.807, 2.05) is 11.8 Å². The van der Waals surface area contributed by atoms with Gasteiger partial charge in [-0.2, -0.15) is 10.4 Å². The highest BCUT2D eigenvalue weighted by Crippen LogP contribution is 2.19. The quantitative estimate of drug-likeness (QED) is 0.831. The summed E-state index contributed by atoms with van der Waals surface area (Å²) in [5.41, 5.74) is 0.563. The summed E-state index contributed by atoms with van der Waals surface area (Å²) in [6, 6.07) is 5.34. The average molecular weight is 325 g/mol. The maximum atomic E-state index is 12.7. The normalized spacial score (nSPS) is 16.3. The average Bonchev–Trinajstić information content (AvgIpc) is 3.05. The number of nitrogens with zero attached hydrogens (tertiary/aromatic N) is 7. The van der Waals surface area contributed by atoms with Gasteiger partial charge in [0.05, 0.1) is 5.56 Å². The van der Waals surface area contributed by atoms with Crippen LogP contribution in [0.4, 0.5) is 5.82 Å². The predicted molar refractivity (Wildman–Crippen MR) is 87.1 cm³/mol. The van der Waals surface area contributed by atoms with Crippen LogP contribution < -0.4 is 4.90 Å². The Morgan fingerprint density at radius 2 is 2.21 bits per heavy atom. The molecule has 0 aromatic carbocycles. The molecule has 2 aromatic heterocycles. The van der Waals surface area contributed by atoms with Crippen LogP contribution in [0.5, 0.6) is 0 Å². The fraction of sp³-hybridized carbons (Fsp3) is 0.438. The van der Waals surface area contributed by atoms with Crippen LogP contribution in [-0.2, 0) is 4.79 Å². The van der Waals surface area contributed by atoms with E-state index in [9.17, 15) is 10.1 Å². The van der Waals surface area contributed by atoms with Gasteiger partial charge in [-0.05, 0) is 25.5 Å². The standard InChI is InChI=1S/C16H19N7O/c1-13(23-12-18-11-20-23)16(24)22-7-3-6-21(8-9-22)15-14(10-17)4-2-5-19-15/h2,4-5,11-13H,3,6-9H2,1H3/t13-/m0/s1. The van der Waals surface area contributed by atoms with Crippen LogP contribution >= 0.6 is 0 Å². The molecule has 0 saturated carbocycles. The Morgan fingerprint density at radius 3 is 2.96 bits per heavy atom. The first-order valence-electron chi connectivity index (χ1n) is 7.93. The third-order valence-electron chi connectivity index (χ3n) is 4.21. The van der Waals surface area contributed by atoms with E-state index in [0.717, 1.165) is 13.0 Å². The van der Waals surface area contributed by atoms with E-state index in [4.69, 9.17) is 0 Å². The van der Waals surface area contributed by atoms with E-state index in [-0.39, 0.29) is 11.9 Å². The van der Waals surface area contributed by atoms with Gasteiger partial charge in [0.2, 0.25) is 5.91 Å². The van der Waals surface area contributed by atoms with Crippen molar-refractivity contribution in [2.75, 3.05) is 31.1 Å². The molecule has 3 rings (SSSR count). The number of hydrogen-bond donors (Lipinski definition) is 0. The zero-order chi connectivity index (χ0) is 16.9. The van der Waals surface area contributed by atoms with Gasteiger partial charge in [-0.1, -0.05) is 0 Å². The predicted octanol–water partition coefficient (Wildman–Crippen LogP) is 0.845. The smallest absolute Gasteiger partial charge is 0.247 e. The van der Waals surface area contributed by atoms with Gasteiger partial charge in [-0.15, -0.1) is 0 Å². The van der Waals surface area contributed by atoms with Crippen LogP contribution in [0.3, 0.4) is 0 Å². The number of amides is 1. The minimum absolute atomic E-state index is 0.0314. The zero-order valence-electron chi connectivity index (χ0n) is 13.5. The lowest BCUT2D eigenvalue weighted by atomic mass is 10.2. The lowest BCUT2D eigenvalue weighted by Crippen LogP contribution is -2.39. The van der Waals surface area contributed by atoms with Crippen molar-refractivity contribution in [3.63, 3.8) is 0 Å². The van der Waals surface area contributed by atoms with Gasteiger partial charge in [0.25, 0.3) is 0 Å². The lowest BCUT2D eigenvalue weighted by Gasteiger charge is -2.25. The van der Waals surface area contributed by atoms with Crippen molar-refractivity contribution in [2.45, 2.75) is 19.4 Å². The van der Waals surface area contributed by atoms with Crippen LogP contribution in [-0.4, -0.2) is 56.7 Å². The van der Waals surface area contributed by atoms with E-state index in [0.29, 0.717) is 31.0 Å². The first kappa shape index (κ1) is 15.9. The summed E-state index contributed by atoms with van der Waals surface area (Å²) >= 11 is 0. The number of hydrogen-bond acceptors (Lipinski definition) is 6. The molecule has 0 spiro atoms. The van der Waals surface area contributed by atoms with E-state index < -0.39 is 0 Å². The molecule has 1 atom stereocenters. The molecule has 8 nitrogen and oxygen atoms in total. The summed E-state index contributed by atoms with van der Waals surface area (Å²) in [7, 11) is 0. The number of carbonyl (C=O) groups excluding carboxylic acids is 1. The summed E-state index contributed by atoms with van der Waals surface area (Å²) in [4.78, 5) is 24.8. The fourth-order valence-electron chi connectivity index (χ4n) is 2.88. The minimum atomic E-state index is -0.372. The van der Waals surface area contributed by atoms with Crippen LogP contribution in [0.15, 0.2) is 31.0 Å². The van der Waals surface area contributed by atoms with Crippen molar-refractivity contribution in [1.29, 1.82) is 5.26 Å². The molecule has 0 unspecified atom stereocenters. The second-order valence-corrected chi connectivity index (χ2v) is 5.70. The molecule has 8 heteroatoms. The van der Waals surface area contributed by atoms with Crippen molar-refractivity contribution in [3.05, 3.63) is 36.5 Å². The van der Waals surface area contributed by atoms with E-state index in [1.54, 1.807) is 29.3 Å². The summed E-state index contributed by atoms with van der Waals surface area (Å²) in [6.45, 7) is 4.53. The van der Waals surface area contributed by atoms with Crippen LogP contribution in [0.1, 0.15) is 24.9 Å².